The summed E-state index contributed by atoms with van der Waals surface area (Å²) in [5.74, 6) is 0.851. The number of likely N-dealkylation sites (tertiary alicyclic amines) is 1. The molecule has 25 heavy (non-hydrogen) atoms. The lowest BCUT2D eigenvalue weighted by Crippen LogP contribution is -2.46. The molecule has 3 heterocycles. The third-order valence-electron chi connectivity index (χ3n) is 4.93. The van der Waals surface area contributed by atoms with Crippen LogP contribution >= 0.6 is 0 Å². The average molecular weight is 347 g/mol. The molecule has 1 aromatic rings. The topological polar surface area (TPSA) is 63.7 Å². The number of ether oxygens (including phenoxy) is 2. The maximum Gasteiger partial charge on any atom is 0.317 e. The van der Waals surface area contributed by atoms with Crippen molar-refractivity contribution in [3.63, 3.8) is 0 Å². The molecule has 6 heteroatoms. The first-order valence-electron chi connectivity index (χ1n) is 9.52. The lowest BCUT2D eigenvalue weighted by Gasteiger charge is -2.32. The summed E-state index contributed by atoms with van der Waals surface area (Å²) in [6.45, 7) is 3.16. The van der Waals surface area contributed by atoms with E-state index in [9.17, 15) is 4.79 Å². The number of aromatic nitrogens is 1. The molecule has 138 valence electrons. The Labute approximate surface area is 149 Å². The molecule has 0 saturated carbocycles. The van der Waals surface area contributed by atoms with E-state index in [0.717, 1.165) is 64.1 Å². The van der Waals surface area contributed by atoms with Gasteiger partial charge in [-0.05, 0) is 44.2 Å². The van der Waals surface area contributed by atoms with Crippen LogP contribution in [0, 0.1) is 0 Å². The molecule has 1 atom stereocenters. The van der Waals surface area contributed by atoms with Crippen molar-refractivity contribution in [2.24, 2.45) is 0 Å². The molecule has 2 fully saturated rings. The van der Waals surface area contributed by atoms with Gasteiger partial charge >= 0.3 is 6.03 Å². The highest BCUT2D eigenvalue weighted by molar-refractivity contribution is 5.74. The molecule has 0 unspecified atom stereocenters. The van der Waals surface area contributed by atoms with Crippen molar-refractivity contribution < 1.29 is 14.3 Å². The van der Waals surface area contributed by atoms with E-state index in [2.05, 4.69) is 10.3 Å². The van der Waals surface area contributed by atoms with Gasteiger partial charge in [0.25, 0.3) is 0 Å². The van der Waals surface area contributed by atoms with Crippen molar-refractivity contribution >= 4 is 6.03 Å². The summed E-state index contributed by atoms with van der Waals surface area (Å²) in [7, 11) is 0. The molecule has 0 aliphatic carbocycles. The van der Waals surface area contributed by atoms with Crippen LogP contribution < -0.4 is 10.1 Å². The molecule has 2 aliphatic heterocycles. The number of nitrogens with zero attached hydrogens (tertiary/aromatic N) is 2. The summed E-state index contributed by atoms with van der Waals surface area (Å²) in [6.07, 6.45) is 11.5. The smallest absolute Gasteiger partial charge is 0.317 e. The number of piperidine rings is 1. The lowest BCUT2D eigenvalue weighted by atomic mass is 10.1. The van der Waals surface area contributed by atoms with Crippen LogP contribution in [-0.2, 0) is 4.74 Å². The molecule has 2 amide bonds. The summed E-state index contributed by atoms with van der Waals surface area (Å²) in [5.41, 5.74) is 0. The van der Waals surface area contributed by atoms with Crippen molar-refractivity contribution in [2.75, 3.05) is 26.2 Å². The zero-order valence-electron chi connectivity index (χ0n) is 14.9. The fourth-order valence-electron chi connectivity index (χ4n) is 3.46. The molecule has 0 radical (unpaired) electrons. The van der Waals surface area contributed by atoms with Gasteiger partial charge in [0.1, 0.15) is 11.9 Å². The van der Waals surface area contributed by atoms with E-state index < -0.39 is 0 Å². The fraction of sp³-hybridized carbons (Fsp3) is 0.684. The first-order chi connectivity index (χ1) is 12.3. The van der Waals surface area contributed by atoms with Gasteiger partial charge in [0.15, 0.2) is 0 Å². The summed E-state index contributed by atoms with van der Waals surface area (Å²) in [4.78, 5) is 18.1. The van der Waals surface area contributed by atoms with Gasteiger partial charge in [-0.3, -0.25) is 4.98 Å². The van der Waals surface area contributed by atoms with Crippen molar-refractivity contribution in [3.05, 3.63) is 24.5 Å². The number of carbonyl (C=O) groups is 1. The molecule has 1 aromatic heterocycles. The highest BCUT2D eigenvalue weighted by Crippen LogP contribution is 2.19. The molecule has 1 N–H and O–H groups in total. The number of hydrogen-bond donors (Lipinski definition) is 1. The molecule has 6 nitrogen and oxygen atoms in total. The van der Waals surface area contributed by atoms with Crippen LogP contribution in [0.3, 0.4) is 0 Å². The van der Waals surface area contributed by atoms with Crippen molar-refractivity contribution in [2.45, 2.75) is 57.2 Å². The number of pyridine rings is 1. The molecule has 0 aromatic carbocycles. The summed E-state index contributed by atoms with van der Waals surface area (Å²) in [6, 6.07) is 3.80. The van der Waals surface area contributed by atoms with Gasteiger partial charge in [-0.1, -0.05) is 0 Å². The van der Waals surface area contributed by atoms with E-state index in [1.54, 1.807) is 12.4 Å². The molecular formula is C19H29N3O3. The van der Waals surface area contributed by atoms with E-state index in [1.165, 1.54) is 12.8 Å². The number of urea groups is 1. The average Bonchev–Trinajstić information content (AvgIpc) is 3.16. The van der Waals surface area contributed by atoms with Crippen LogP contribution in [0.5, 0.6) is 5.75 Å². The molecule has 2 saturated heterocycles. The Kier molecular flexibility index (Phi) is 6.91. The van der Waals surface area contributed by atoms with E-state index in [1.807, 2.05) is 17.0 Å². The van der Waals surface area contributed by atoms with E-state index >= 15 is 0 Å². The minimum atomic E-state index is 0.0551. The Hall–Kier alpha value is -1.82. The molecule has 0 bridgehead atoms. The zero-order chi connectivity index (χ0) is 17.3. The maximum atomic E-state index is 12.2. The van der Waals surface area contributed by atoms with Crippen LogP contribution in [-0.4, -0.2) is 54.4 Å². The largest absolute Gasteiger partial charge is 0.490 e. The van der Waals surface area contributed by atoms with Crippen LogP contribution in [0.15, 0.2) is 24.5 Å². The number of hydrogen-bond acceptors (Lipinski definition) is 4. The van der Waals surface area contributed by atoms with Crippen molar-refractivity contribution in [3.8, 4) is 5.75 Å². The highest BCUT2D eigenvalue weighted by atomic mass is 16.5. The maximum absolute atomic E-state index is 12.2. The summed E-state index contributed by atoms with van der Waals surface area (Å²) < 4.78 is 11.6. The van der Waals surface area contributed by atoms with Crippen LogP contribution in [0.4, 0.5) is 4.79 Å². The standard InChI is InChI=1S/C19H29N3O3/c23-19(21-10-2-1-4-16-5-3-15-24-16)22-13-8-18(9-14-22)25-17-6-11-20-12-7-17/h6-7,11-12,16,18H,1-5,8-10,13-15H2,(H,21,23)/t16-/m0/s1. The molecule has 0 spiro atoms. The molecular weight excluding hydrogens is 318 g/mol. The second kappa shape index (κ2) is 9.61. The quantitative estimate of drug-likeness (QED) is 0.770. The minimum Gasteiger partial charge on any atom is -0.490 e. The second-order valence-corrected chi connectivity index (χ2v) is 6.85. The number of rotatable bonds is 7. The van der Waals surface area contributed by atoms with Crippen LogP contribution in [0.1, 0.15) is 44.9 Å². The van der Waals surface area contributed by atoms with E-state index in [4.69, 9.17) is 9.47 Å². The van der Waals surface area contributed by atoms with Crippen molar-refractivity contribution in [1.29, 1.82) is 0 Å². The van der Waals surface area contributed by atoms with Gasteiger partial charge in [0, 0.05) is 51.5 Å². The van der Waals surface area contributed by atoms with E-state index in [0.29, 0.717) is 6.10 Å². The predicted molar refractivity (Wildman–Crippen MR) is 95.7 cm³/mol. The Morgan fingerprint density at radius 3 is 2.76 bits per heavy atom. The number of carbonyl (C=O) groups excluding carboxylic acids is 1. The third-order valence-corrected chi connectivity index (χ3v) is 4.93. The minimum absolute atomic E-state index is 0.0551. The third kappa shape index (κ3) is 5.88. The Morgan fingerprint density at radius 1 is 1.24 bits per heavy atom. The number of amides is 2. The monoisotopic (exact) mass is 347 g/mol. The summed E-state index contributed by atoms with van der Waals surface area (Å²) in [5, 5.41) is 3.04. The van der Waals surface area contributed by atoms with Gasteiger partial charge < -0.3 is 19.7 Å². The van der Waals surface area contributed by atoms with Gasteiger partial charge in [-0.15, -0.1) is 0 Å². The van der Waals surface area contributed by atoms with Crippen LogP contribution in [0.25, 0.3) is 0 Å². The first-order valence-corrected chi connectivity index (χ1v) is 9.52. The number of nitrogens with one attached hydrogen (secondary N) is 1. The lowest BCUT2D eigenvalue weighted by molar-refractivity contribution is 0.102. The molecule has 3 rings (SSSR count). The molecule has 2 aliphatic rings. The SMILES string of the molecule is O=C(NCCCC[C@H]1CCCO1)N1CCC(Oc2ccncc2)CC1. The zero-order valence-corrected chi connectivity index (χ0v) is 14.9. The van der Waals surface area contributed by atoms with Gasteiger partial charge in [0.05, 0.1) is 6.10 Å². The fourth-order valence-corrected chi connectivity index (χ4v) is 3.46. The van der Waals surface area contributed by atoms with Crippen molar-refractivity contribution in [1.82, 2.24) is 15.2 Å². The van der Waals surface area contributed by atoms with Crippen LogP contribution in [0.2, 0.25) is 0 Å². The summed E-state index contributed by atoms with van der Waals surface area (Å²) >= 11 is 0. The Bertz CT molecular complexity index is 512. The van der Waals surface area contributed by atoms with E-state index in [-0.39, 0.29) is 12.1 Å². The second-order valence-electron chi connectivity index (χ2n) is 6.85. The first kappa shape index (κ1) is 18.0. The normalized spacial score (nSPS) is 21.3. The van der Waals surface area contributed by atoms with Gasteiger partial charge in [-0.25, -0.2) is 4.79 Å². The predicted octanol–water partition coefficient (Wildman–Crippen LogP) is 2.98. The highest BCUT2D eigenvalue weighted by Gasteiger charge is 2.23. The Morgan fingerprint density at radius 2 is 2.04 bits per heavy atom. The Balaban J connectivity index is 1.26. The number of unbranched alkanes of at least 4 members (excludes halogenated alkanes) is 1. The van der Waals surface area contributed by atoms with Gasteiger partial charge in [0.2, 0.25) is 0 Å². The van der Waals surface area contributed by atoms with Gasteiger partial charge in [-0.2, -0.15) is 0 Å².